The molecule has 1 amide bonds. The van der Waals surface area contributed by atoms with E-state index in [1.54, 1.807) is 11.3 Å². The van der Waals surface area contributed by atoms with E-state index < -0.39 is 0 Å². The first-order chi connectivity index (χ1) is 15.4. The standard InChI is InChI=1S/C27H28N2OS2/c1-18(2)31-23-12-10-21(11-13-23)16-25(30)29(17-22-8-6-5-7-9-22)27-28-26-20(4)14-19(3)15-24(26)32-27/h5-15,18H,16-17H2,1-4H3. The zero-order valence-corrected chi connectivity index (χ0v) is 20.6. The molecular formula is C27H28N2OS2. The Labute approximate surface area is 198 Å². The Morgan fingerprint density at radius 1 is 1.00 bits per heavy atom. The zero-order valence-electron chi connectivity index (χ0n) is 19.0. The Morgan fingerprint density at radius 3 is 2.41 bits per heavy atom. The number of rotatable bonds is 7. The molecule has 1 aromatic heterocycles. The van der Waals surface area contributed by atoms with Gasteiger partial charge in [-0.05, 0) is 54.3 Å². The van der Waals surface area contributed by atoms with Crippen molar-refractivity contribution in [1.29, 1.82) is 0 Å². The second kappa shape index (κ2) is 9.88. The number of fused-ring (bicyclic) bond motifs is 1. The molecule has 3 aromatic carbocycles. The van der Waals surface area contributed by atoms with Crippen molar-refractivity contribution in [2.45, 2.75) is 50.8 Å². The molecule has 32 heavy (non-hydrogen) atoms. The van der Waals surface area contributed by atoms with E-state index >= 15 is 0 Å². The Morgan fingerprint density at radius 2 is 1.72 bits per heavy atom. The van der Waals surface area contributed by atoms with Crippen LogP contribution >= 0.6 is 23.1 Å². The lowest BCUT2D eigenvalue weighted by molar-refractivity contribution is -0.118. The lowest BCUT2D eigenvalue weighted by atomic mass is 10.1. The van der Waals surface area contributed by atoms with Crippen LogP contribution in [-0.2, 0) is 17.8 Å². The smallest absolute Gasteiger partial charge is 0.233 e. The molecule has 0 saturated carbocycles. The summed E-state index contributed by atoms with van der Waals surface area (Å²) in [5.74, 6) is 0.0616. The molecule has 0 aliphatic rings. The number of hydrogen-bond acceptors (Lipinski definition) is 4. The van der Waals surface area contributed by atoms with Crippen LogP contribution in [0.25, 0.3) is 10.2 Å². The molecule has 0 aliphatic heterocycles. The normalized spacial score (nSPS) is 11.3. The van der Waals surface area contributed by atoms with Gasteiger partial charge in [0.2, 0.25) is 5.91 Å². The number of nitrogens with zero attached hydrogens (tertiary/aromatic N) is 2. The van der Waals surface area contributed by atoms with Gasteiger partial charge < -0.3 is 0 Å². The fourth-order valence-corrected chi connectivity index (χ4v) is 5.73. The Kier molecular flexibility index (Phi) is 6.97. The average molecular weight is 461 g/mol. The van der Waals surface area contributed by atoms with Crippen LogP contribution in [0.4, 0.5) is 5.13 Å². The molecule has 0 radical (unpaired) electrons. The lowest BCUT2D eigenvalue weighted by Gasteiger charge is -2.20. The van der Waals surface area contributed by atoms with Gasteiger partial charge in [-0.1, -0.05) is 73.7 Å². The third-order valence-corrected chi connectivity index (χ3v) is 7.23. The number of hydrogen-bond donors (Lipinski definition) is 0. The summed E-state index contributed by atoms with van der Waals surface area (Å²) in [6, 6.07) is 22.8. The monoisotopic (exact) mass is 460 g/mol. The van der Waals surface area contributed by atoms with Gasteiger partial charge in [0.15, 0.2) is 5.13 Å². The van der Waals surface area contributed by atoms with Crippen LogP contribution in [0.2, 0.25) is 0 Å². The maximum Gasteiger partial charge on any atom is 0.233 e. The quantitative estimate of drug-likeness (QED) is 0.274. The van der Waals surface area contributed by atoms with Crippen LogP contribution in [-0.4, -0.2) is 16.1 Å². The summed E-state index contributed by atoms with van der Waals surface area (Å²) in [6.07, 6.45) is 0.355. The van der Waals surface area contributed by atoms with Gasteiger partial charge in [0, 0.05) is 10.1 Å². The molecule has 0 aliphatic carbocycles. The van der Waals surface area contributed by atoms with Crippen LogP contribution in [0.5, 0.6) is 0 Å². The molecule has 4 rings (SSSR count). The van der Waals surface area contributed by atoms with E-state index in [4.69, 9.17) is 4.98 Å². The van der Waals surface area contributed by atoms with Crippen molar-refractivity contribution >= 4 is 44.4 Å². The van der Waals surface area contributed by atoms with Gasteiger partial charge in [-0.2, -0.15) is 0 Å². The summed E-state index contributed by atoms with van der Waals surface area (Å²) in [4.78, 5) is 21.4. The van der Waals surface area contributed by atoms with E-state index in [1.807, 2.05) is 34.9 Å². The van der Waals surface area contributed by atoms with E-state index in [0.29, 0.717) is 18.2 Å². The summed E-state index contributed by atoms with van der Waals surface area (Å²) in [5, 5.41) is 1.30. The van der Waals surface area contributed by atoms with Gasteiger partial charge in [0.05, 0.1) is 23.2 Å². The first-order valence-electron chi connectivity index (χ1n) is 10.9. The number of carbonyl (C=O) groups excluding carboxylic acids is 1. The summed E-state index contributed by atoms with van der Waals surface area (Å²) in [5.41, 5.74) is 5.46. The lowest BCUT2D eigenvalue weighted by Crippen LogP contribution is -2.31. The molecule has 0 saturated heterocycles. The maximum absolute atomic E-state index is 13.5. The van der Waals surface area contributed by atoms with E-state index in [2.05, 4.69) is 76.2 Å². The predicted molar refractivity (Wildman–Crippen MR) is 138 cm³/mol. The minimum atomic E-state index is 0.0616. The van der Waals surface area contributed by atoms with Crippen LogP contribution < -0.4 is 4.90 Å². The first-order valence-corrected chi connectivity index (χ1v) is 12.6. The molecule has 5 heteroatoms. The molecular weight excluding hydrogens is 432 g/mol. The van der Waals surface area contributed by atoms with Crippen molar-refractivity contribution in [3.63, 3.8) is 0 Å². The largest absolute Gasteiger partial charge is 0.283 e. The van der Waals surface area contributed by atoms with Crippen molar-refractivity contribution in [3.8, 4) is 0 Å². The van der Waals surface area contributed by atoms with E-state index in [1.165, 1.54) is 10.5 Å². The van der Waals surface area contributed by atoms with Gasteiger partial charge in [-0.15, -0.1) is 11.8 Å². The minimum Gasteiger partial charge on any atom is -0.283 e. The molecule has 4 aromatic rings. The number of benzene rings is 3. The Balaban J connectivity index is 1.63. The maximum atomic E-state index is 13.5. The minimum absolute atomic E-state index is 0.0616. The van der Waals surface area contributed by atoms with Gasteiger partial charge in [-0.3, -0.25) is 9.69 Å². The fraction of sp³-hybridized carbons (Fsp3) is 0.259. The Hall–Kier alpha value is -2.63. The highest BCUT2D eigenvalue weighted by atomic mass is 32.2. The first kappa shape index (κ1) is 22.6. The zero-order chi connectivity index (χ0) is 22.7. The van der Waals surface area contributed by atoms with Crippen LogP contribution in [0.3, 0.4) is 0 Å². The highest BCUT2D eigenvalue weighted by Gasteiger charge is 2.21. The van der Waals surface area contributed by atoms with Gasteiger partial charge in [-0.25, -0.2) is 4.98 Å². The topological polar surface area (TPSA) is 33.2 Å². The molecule has 0 fully saturated rings. The van der Waals surface area contributed by atoms with Crippen LogP contribution in [0.1, 0.15) is 36.1 Å². The predicted octanol–water partition coefficient (Wildman–Crippen LogP) is 7.19. The fourth-order valence-electron chi connectivity index (χ4n) is 3.73. The third kappa shape index (κ3) is 5.40. The van der Waals surface area contributed by atoms with Crippen molar-refractivity contribution < 1.29 is 4.79 Å². The van der Waals surface area contributed by atoms with Gasteiger partial charge >= 0.3 is 0 Å². The van der Waals surface area contributed by atoms with Crippen molar-refractivity contribution in [2.24, 2.45) is 0 Å². The molecule has 0 N–H and O–H groups in total. The molecule has 0 atom stereocenters. The van der Waals surface area contributed by atoms with Crippen LogP contribution in [0, 0.1) is 13.8 Å². The number of thiazole rings is 1. The van der Waals surface area contributed by atoms with Gasteiger partial charge in [0.1, 0.15) is 0 Å². The highest BCUT2D eigenvalue weighted by Crippen LogP contribution is 2.33. The van der Waals surface area contributed by atoms with Crippen molar-refractivity contribution in [1.82, 2.24) is 4.98 Å². The highest BCUT2D eigenvalue weighted by molar-refractivity contribution is 7.99. The summed E-state index contributed by atoms with van der Waals surface area (Å²) in [6.45, 7) is 9.06. The average Bonchev–Trinajstić information content (AvgIpc) is 3.18. The number of aryl methyl sites for hydroxylation is 2. The van der Waals surface area contributed by atoms with Crippen LogP contribution in [0.15, 0.2) is 71.6 Å². The summed E-state index contributed by atoms with van der Waals surface area (Å²) >= 11 is 3.42. The number of thioether (sulfide) groups is 1. The number of aromatic nitrogens is 1. The van der Waals surface area contributed by atoms with E-state index in [-0.39, 0.29) is 5.91 Å². The number of anilines is 1. The molecule has 1 heterocycles. The second-order valence-electron chi connectivity index (χ2n) is 8.38. The Bertz CT molecular complexity index is 1210. The summed E-state index contributed by atoms with van der Waals surface area (Å²) in [7, 11) is 0. The van der Waals surface area contributed by atoms with Gasteiger partial charge in [0.25, 0.3) is 0 Å². The number of carbonyl (C=O) groups is 1. The van der Waals surface area contributed by atoms with Crippen molar-refractivity contribution in [3.05, 3.63) is 89.0 Å². The molecule has 0 bridgehead atoms. The molecule has 3 nitrogen and oxygen atoms in total. The third-order valence-electron chi connectivity index (χ3n) is 5.18. The molecule has 0 spiro atoms. The van der Waals surface area contributed by atoms with E-state index in [0.717, 1.165) is 32.0 Å². The molecule has 164 valence electrons. The SMILES string of the molecule is Cc1cc(C)c2nc(N(Cc3ccccc3)C(=O)Cc3ccc(SC(C)C)cc3)sc2c1. The van der Waals surface area contributed by atoms with E-state index in [9.17, 15) is 4.79 Å². The molecule has 0 unspecified atom stereocenters. The second-order valence-corrected chi connectivity index (χ2v) is 11.0. The summed E-state index contributed by atoms with van der Waals surface area (Å²) < 4.78 is 1.12. The number of amides is 1. The van der Waals surface area contributed by atoms with Crippen molar-refractivity contribution in [2.75, 3.05) is 4.90 Å².